The van der Waals surface area contributed by atoms with Gasteiger partial charge in [0.25, 0.3) is 15.9 Å². The Labute approximate surface area is 191 Å². The molecule has 0 saturated carbocycles. The first-order chi connectivity index (χ1) is 14.0. The lowest BCUT2D eigenvalue weighted by Gasteiger charge is -2.31. The van der Waals surface area contributed by atoms with Crippen molar-refractivity contribution in [3.05, 3.63) is 77.0 Å². The molecule has 2 atom stereocenters. The average Bonchev–Trinajstić information content (AvgIpc) is 2.88. The van der Waals surface area contributed by atoms with Crippen molar-refractivity contribution >= 4 is 50.9 Å². The van der Waals surface area contributed by atoms with E-state index < -0.39 is 26.2 Å². The summed E-state index contributed by atoms with van der Waals surface area (Å²) < 4.78 is 25.9. The maximum Gasteiger partial charge on any atom is 0.278 e. The number of aryl methyl sites for hydroxylation is 1. The second-order valence-corrected chi connectivity index (χ2v) is 12.7. The molecule has 0 N–H and O–H groups in total. The van der Waals surface area contributed by atoms with E-state index in [2.05, 4.69) is 13.8 Å². The van der Waals surface area contributed by atoms with Crippen molar-refractivity contribution in [1.29, 1.82) is 0 Å². The van der Waals surface area contributed by atoms with E-state index >= 15 is 0 Å². The molecular formula is C22H21Cl2NO3S2. The summed E-state index contributed by atoms with van der Waals surface area (Å²) in [6, 6.07) is 14.0. The predicted octanol–water partition coefficient (Wildman–Crippen LogP) is 5.56. The molecule has 2 aromatic carbocycles. The van der Waals surface area contributed by atoms with Gasteiger partial charge < -0.3 is 0 Å². The van der Waals surface area contributed by atoms with E-state index in [9.17, 15) is 13.2 Å². The lowest BCUT2D eigenvalue weighted by Crippen LogP contribution is -2.36. The van der Waals surface area contributed by atoms with E-state index in [-0.39, 0.29) is 10.1 Å². The molecule has 30 heavy (non-hydrogen) atoms. The van der Waals surface area contributed by atoms with E-state index in [0.717, 1.165) is 21.0 Å². The van der Waals surface area contributed by atoms with Gasteiger partial charge in [0.2, 0.25) is 4.33 Å². The van der Waals surface area contributed by atoms with Crippen LogP contribution in [0.3, 0.4) is 0 Å². The number of benzene rings is 2. The van der Waals surface area contributed by atoms with Crippen LogP contribution in [0, 0.1) is 6.92 Å². The molecule has 0 bridgehead atoms. The lowest BCUT2D eigenvalue weighted by molar-refractivity contribution is -0.123. The number of carbonyl (C=O) groups is 1. The van der Waals surface area contributed by atoms with Crippen molar-refractivity contribution in [2.24, 2.45) is 0 Å². The third-order valence-electron chi connectivity index (χ3n) is 5.28. The van der Waals surface area contributed by atoms with Crippen LogP contribution in [0.15, 0.2) is 65.2 Å². The summed E-state index contributed by atoms with van der Waals surface area (Å²) in [6.45, 7) is 6.02. The molecule has 4 nitrogen and oxygen atoms in total. The van der Waals surface area contributed by atoms with Crippen LogP contribution in [0.25, 0.3) is 0 Å². The molecule has 1 saturated heterocycles. The molecule has 0 radical (unpaired) electrons. The highest BCUT2D eigenvalue weighted by Crippen LogP contribution is 2.58. The van der Waals surface area contributed by atoms with Crippen molar-refractivity contribution in [3.63, 3.8) is 0 Å². The number of hydrogen-bond acceptors (Lipinski definition) is 4. The van der Waals surface area contributed by atoms with Gasteiger partial charge in [0.1, 0.15) is 0 Å². The van der Waals surface area contributed by atoms with E-state index in [4.69, 9.17) is 23.2 Å². The highest BCUT2D eigenvalue weighted by Gasteiger charge is 2.61. The third kappa shape index (κ3) is 3.38. The van der Waals surface area contributed by atoms with Crippen LogP contribution in [0.2, 0.25) is 0 Å². The Morgan fingerprint density at radius 2 is 1.63 bits per heavy atom. The van der Waals surface area contributed by atoms with Gasteiger partial charge in [-0.3, -0.25) is 4.79 Å². The van der Waals surface area contributed by atoms with Gasteiger partial charge in [-0.2, -0.15) is 0 Å². The van der Waals surface area contributed by atoms with Crippen molar-refractivity contribution in [1.82, 2.24) is 4.31 Å². The smallest absolute Gasteiger partial charge is 0.270 e. The maximum absolute atomic E-state index is 13.5. The second kappa shape index (κ2) is 7.59. The Morgan fingerprint density at radius 3 is 2.23 bits per heavy atom. The zero-order valence-electron chi connectivity index (χ0n) is 16.7. The molecule has 0 spiro atoms. The zero-order valence-corrected chi connectivity index (χ0v) is 19.8. The molecule has 2 aliphatic rings. The lowest BCUT2D eigenvalue weighted by atomic mass is 9.84. The number of thioether (sulfide) groups is 1. The summed E-state index contributed by atoms with van der Waals surface area (Å²) in [5.74, 6) is -1.60. The van der Waals surface area contributed by atoms with Gasteiger partial charge in [0, 0.05) is 5.70 Å². The third-order valence-corrected chi connectivity index (χ3v) is 8.99. The monoisotopic (exact) mass is 481 g/mol. The van der Waals surface area contributed by atoms with Crippen molar-refractivity contribution in [2.75, 3.05) is 0 Å². The molecule has 1 amide bonds. The van der Waals surface area contributed by atoms with Gasteiger partial charge in [-0.25, -0.2) is 12.7 Å². The number of carbonyl (C=O) groups excluding carboxylic acids is 1. The summed E-state index contributed by atoms with van der Waals surface area (Å²) in [5.41, 5.74) is 3.02. The average molecular weight is 482 g/mol. The molecule has 0 unspecified atom stereocenters. The van der Waals surface area contributed by atoms with Crippen LogP contribution >= 0.6 is 35.0 Å². The van der Waals surface area contributed by atoms with E-state index in [0.29, 0.717) is 10.9 Å². The van der Waals surface area contributed by atoms with Gasteiger partial charge in [-0.05, 0) is 41.5 Å². The predicted molar refractivity (Wildman–Crippen MR) is 122 cm³/mol. The Hall–Kier alpha value is -1.47. The Bertz CT molecular complexity index is 1140. The Kier molecular flexibility index (Phi) is 5.50. The van der Waals surface area contributed by atoms with E-state index in [1.807, 2.05) is 37.3 Å². The highest BCUT2D eigenvalue weighted by atomic mass is 35.5. The Balaban J connectivity index is 1.91. The summed E-state index contributed by atoms with van der Waals surface area (Å²) in [6.07, 6.45) is 1.83. The van der Waals surface area contributed by atoms with Crippen LogP contribution in [0.1, 0.15) is 41.7 Å². The van der Waals surface area contributed by atoms with Gasteiger partial charge in [-0.15, -0.1) is 11.8 Å². The first-order valence-corrected chi connectivity index (χ1v) is 12.7. The molecule has 4 rings (SSSR count). The van der Waals surface area contributed by atoms with Crippen molar-refractivity contribution in [3.8, 4) is 0 Å². The number of alkyl halides is 2. The summed E-state index contributed by atoms with van der Waals surface area (Å²) in [7, 11) is -4.16. The SMILES string of the molecule is Cc1ccc(S(=O)(=O)N2C(=O)C(Cl)(Cl)[C@H]3C2=C[C@H](SC(C)C)c2ccccc23)cc1. The summed E-state index contributed by atoms with van der Waals surface area (Å²) in [4.78, 5) is 13.3. The van der Waals surface area contributed by atoms with Crippen LogP contribution in [0.5, 0.6) is 0 Å². The molecule has 0 aromatic heterocycles. The van der Waals surface area contributed by atoms with Gasteiger partial charge >= 0.3 is 0 Å². The van der Waals surface area contributed by atoms with Crippen LogP contribution < -0.4 is 0 Å². The fourth-order valence-electron chi connectivity index (χ4n) is 3.94. The first-order valence-electron chi connectivity index (χ1n) is 9.55. The van der Waals surface area contributed by atoms with Crippen molar-refractivity contribution in [2.45, 2.75) is 46.4 Å². The number of amides is 1. The molecule has 8 heteroatoms. The number of hydrogen-bond donors (Lipinski definition) is 0. The summed E-state index contributed by atoms with van der Waals surface area (Å²) >= 11 is 14.8. The first kappa shape index (κ1) is 21.8. The molecule has 2 aromatic rings. The van der Waals surface area contributed by atoms with Gasteiger partial charge in [0.05, 0.1) is 16.1 Å². The normalized spacial score (nSPS) is 22.7. The second-order valence-electron chi connectivity index (χ2n) is 7.77. The van der Waals surface area contributed by atoms with Gasteiger partial charge in [0.15, 0.2) is 0 Å². The number of fused-ring (bicyclic) bond motifs is 3. The number of sulfonamides is 1. The molecule has 1 aliphatic carbocycles. The molecule has 158 valence electrons. The van der Waals surface area contributed by atoms with Crippen LogP contribution in [-0.2, 0) is 14.8 Å². The fourth-order valence-corrected chi connectivity index (χ4v) is 7.34. The number of rotatable bonds is 4. The molecule has 1 fully saturated rings. The number of halogens is 2. The minimum absolute atomic E-state index is 0.0269. The summed E-state index contributed by atoms with van der Waals surface area (Å²) in [5, 5.41) is 0.186. The molecule has 1 heterocycles. The zero-order chi connectivity index (χ0) is 21.8. The van der Waals surface area contributed by atoms with Crippen molar-refractivity contribution < 1.29 is 13.2 Å². The van der Waals surface area contributed by atoms with Gasteiger partial charge in [-0.1, -0.05) is 79.0 Å². The van der Waals surface area contributed by atoms with E-state index in [1.54, 1.807) is 23.9 Å². The maximum atomic E-state index is 13.5. The topological polar surface area (TPSA) is 54.5 Å². The fraction of sp³-hybridized carbons (Fsp3) is 0.318. The van der Waals surface area contributed by atoms with Crippen LogP contribution in [0.4, 0.5) is 0 Å². The largest absolute Gasteiger partial charge is 0.278 e. The number of nitrogens with zero attached hydrogens (tertiary/aromatic N) is 1. The van der Waals surface area contributed by atoms with E-state index in [1.165, 1.54) is 12.1 Å². The minimum Gasteiger partial charge on any atom is -0.270 e. The molecular weight excluding hydrogens is 461 g/mol. The molecule has 1 aliphatic heterocycles. The minimum atomic E-state index is -4.16. The standard InChI is InChI=1S/C22H21Cl2NO3S2/c1-13(2)29-19-12-18-20(17-7-5-4-6-16(17)19)22(23,24)21(26)25(18)30(27,28)15-10-8-14(3)9-11-15/h4-13,19-20H,1-3H3/t19-,20+/m0/s1. The van der Waals surface area contributed by atoms with Crippen LogP contribution in [-0.4, -0.2) is 28.2 Å². The quantitative estimate of drug-likeness (QED) is 0.536. The number of allylic oxidation sites excluding steroid dienone is 1. The Morgan fingerprint density at radius 1 is 1.03 bits per heavy atom. The highest BCUT2D eigenvalue weighted by molar-refractivity contribution is 8.00.